The molecule has 0 spiro atoms. The number of rotatable bonds is 4. The monoisotopic (exact) mass is 173 g/mol. The van der Waals surface area contributed by atoms with Crippen molar-refractivity contribution in [1.29, 1.82) is 0 Å². The van der Waals surface area contributed by atoms with Gasteiger partial charge in [-0.05, 0) is 0 Å². The van der Waals surface area contributed by atoms with E-state index in [0.29, 0.717) is 0 Å². The highest BCUT2D eigenvalue weighted by molar-refractivity contribution is 7.30. The molecule has 0 radical (unpaired) electrons. The molecule has 0 aromatic heterocycles. The highest BCUT2D eigenvalue weighted by Crippen LogP contribution is 2.01. The Labute approximate surface area is 67.0 Å². The average Bonchev–Trinajstić information content (AvgIpc) is 1.84. The average molecular weight is 173 g/mol. The fourth-order valence-corrected chi connectivity index (χ4v) is 3.20. The molecule has 0 aromatic carbocycles. The van der Waals surface area contributed by atoms with Gasteiger partial charge < -0.3 is 4.98 Å². The zero-order valence-corrected chi connectivity index (χ0v) is 9.72. The summed E-state index contributed by atoms with van der Waals surface area (Å²) in [5.41, 5.74) is 0. The molecule has 0 heterocycles. The smallest absolute Gasteiger partial charge is 0.105 e. The van der Waals surface area contributed by atoms with Crippen LogP contribution in [-0.4, -0.2) is 22.6 Å². The first kappa shape index (κ1) is 10.1. The maximum Gasteiger partial charge on any atom is 0.105 e. The molecule has 0 aliphatic rings. The van der Waals surface area contributed by atoms with Crippen molar-refractivity contribution in [1.82, 2.24) is 4.98 Å². The number of hydrogen-bond donors (Lipinski definition) is 1. The van der Waals surface area contributed by atoms with Gasteiger partial charge in [-0.15, -0.1) is 6.58 Å². The molecule has 0 amide bonds. The molecule has 0 atom stereocenters. The fraction of sp³-hybridized carbons (Fsp3) is 0.714. The Hall–Kier alpha value is 0.134. The van der Waals surface area contributed by atoms with Crippen molar-refractivity contribution >= 4 is 16.1 Å². The van der Waals surface area contributed by atoms with E-state index < -0.39 is 16.1 Å². The fourth-order valence-electron chi connectivity index (χ4n) is 0.539. The van der Waals surface area contributed by atoms with E-state index in [0.717, 1.165) is 6.54 Å². The van der Waals surface area contributed by atoms with Gasteiger partial charge in [0.15, 0.2) is 0 Å². The van der Waals surface area contributed by atoms with Crippen molar-refractivity contribution in [2.24, 2.45) is 0 Å². The van der Waals surface area contributed by atoms with Gasteiger partial charge in [0.25, 0.3) is 0 Å². The van der Waals surface area contributed by atoms with Gasteiger partial charge in [0, 0.05) is 14.9 Å². The van der Waals surface area contributed by atoms with Crippen LogP contribution in [0.25, 0.3) is 0 Å². The van der Waals surface area contributed by atoms with Crippen molar-refractivity contribution in [3.63, 3.8) is 0 Å². The third-order valence-corrected chi connectivity index (χ3v) is 15.4. The van der Waals surface area contributed by atoms with Crippen LogP contribution in [0.5, 0.6) is 0 Å². The van der Waals surface area contributed by atoms with Gasteiger partial charge in [-0.25, -0.2) is 0 Å². The minimum Gasteiger partial charge on any atom is -0.336 e. The standard InChI is InChI=1S/C7H19NSi2/c1-6-7-8-10(4,5)9(2)3/h6,8-9H,1,7H2,2-5H3. The molecule has 0 fully saturated rings. The van der Waals surface area contributed by atoms with E-state index in [-0.39, 0.29) is 0 Å². The van der Waals surface area contributed by atoms with Crippen molar-refractivity contribution in [2.45, 2.75) is 26.2 Å². The van der Waals surface area contributed by atoms with E-state index in [9.17, 15) is 0 Å². The molecule has 0 unspecified atom stereocenters. The highest BCUT2D eigenvalue weighted by Gasteiger charge is 2.24. The Morgan fingerprint density at radius 3 is 2.30 bits per heavy atom. The zero-order chi connectivity index (χ0) is 8.20. The lowest BCUT2D eigenvalue weighted by Crippen LogP contribution is -2.55. The summed E-state index contributed by atoms with van der Waals surface area (Å²) in [4.78, 5) is 3.59. The van der Waals surface area contributed by atoms with Crippen LogP contribution in [-0.2, 0) is 0 Å². The van der Waals surface area contributed by atoms with E-state index >= 15 is 0 Å². The normalized spacial score (nSPS) is 12.1. The van der Waals surface area contributed by atoms with Crippen LogP contribution in [0.15, 0.2) is 12.7 Å². The maximum absolute atomic E-state index is 3.70. The SMILES string of the molecule is C=CCN[Si](C)(C)[SiH](C)C. The summed E-state index contributed by atoms with van der Waals surface area (Å²) in [6.45, 7) is 14.3. The maximum atomic E-state index is 3.70. The zero-order valence-electron chi connectivity index (χ0n) is 7.57. The number of nitrogens with one attached hydrogen (secondary N) is 1. The molecule has 1 N–H and O–H groups in total. The van der Waals surface area contributed by atoms with Crippen LogP contribution in [0.2, 0.25) is 26.2 Å². The minimum absolute atomic E-state index is 0.431. The quantitative estimate of drug-likeness (QED) is 0.502. The Balaban J connectivity index is 3.74. The van der Waals surface area contributed by atoms with Crippen LogP contribution in [0.1, 0.15) is 0 Å². The molecule has 0 bridgehead atoms. The van der Waals surface area contributed by atoms with Crippen molar-refractivity contribution in [3.8, 4) is 0 Å². The lowest BCUT2D eigenvalue weighted by atomic mass is 10.7. The summed E-state index contributed by atoms with van der Waals surface area (Å²) < 4.78 is 0. The Morgan fingerprint density at radius 2 is 2.00 bits per heavy atom. The molecule has 10 heavy (non-hydrogen) atoms. The predicted octanol–water partition coefficient (Wildman–Crippen LogP) is 1.53. The van der Waals surface area contributed by atoms with Crippen LogP contribution in [0, 0.1) is 0 Å². The highest BCUT2D eigenvalue weighted by atomic mass is 29.2. The van der Waals surface area contributed by atoms with Crippen LogP contribution in [0.3, 0.4) is 0 Å². The molecule has 0 saturated heterocycles. The van der Waals surface area contributed by atoms with Crippen molar-refractivity contribution in [2.75, 3.05) is 6.54 Å². The summed E-state index contributed by atoms with van der Waals surface area (Å²) in [7, 11) is -1.42. The van der Waals surface area contributed by atoms with E-state index in [4.69, 9.17) is 0 Å². The second kappa shape index (κ2) is 4.10. The van der Waals surface area contributed by atoms with E-state index in [1.165, 1.54) is 0 Å². The third-order valence-electron chi connectivity index (χ3n) is 2.15. The molecule has 0 aliphatic heterocycles. The lowest BCUT2D eigenvalue weighted by molar-refractivity contribution is 1.06. The van der Waals surface area contributed by atoms with E-state index in [1.54, 1.807) is 0 Å². The molecule has 60 valence electrons. The molecular weight excluding hydrogens is 154 g/mol. The molecule has 0 aromatic rings. The molecule has 0 rings (SSSR count). The van der Waals surface area contributed by atoms with E-state index in [2.05, 4.69) is 37.7 Å². The predicted molar refractivity (Wildman–Crippen MR) is 54.6 cm³/mol. The van der Waals surface area contributed by atoms with Crippen LogP contribution < -0.4 is 4.98 Å². The Kier molecular flexibility index (Phi) is 4.16. The summed E-state index contributed by atoms with van der Waals surface area (Å²) >= 11 is 0. The van der Waals surface area contributed by atoms with Gasteiger partial charge >= 0.3 is 0 Å². The van der Waals surface area contributed by atoms with Gasteiger partial charge in [0.2, 0.25) is 0 Å². The topological polar surface area (TPSA) is 12.0 Å². The largest absolute Gasteiger partial charge is 0.336 e. The summed E-state index contributed by atoms with van der Waals surface area (Å²) in [6, 6.07) is 0. The summed E-state index contributed by atoms with van der Waals surface area (Å²) in [5, 5.41) is 0. The van der Waals surface area contributed by atoms with Crippen molar-refractivity contribution in [3.05, 3.63) is 12.7 Å². The second-order valence-corrected chi connectivity index (χ2v) is 17.4. The van der Waals surface area contributed by atoms with Gasteiger partial charge in [-0.1, -0.05) is 32.3 Å². The van der Waals surface area contributed by atoms with Crippen LogP contribution >= 0.6 is 0 Å². The molecule has 1 nitrogen and oxygen atoms in total. The molecule has 0 aliphatic carbocycles. The first-order chi connectivity index (χ1) is 4.50. The summed E-state index contributed by atoms with van der Waals surface area (Å²) in [5.74, 6) is 0. The van der Waals surface area contributed by atoms with E-state index in [1.807, 2.05) is 6.08 Å². The molecular formula is C7H19NSi2. The lowest BCUT2D eigenvalue weighted by Gasteiger charge is -2.26. The second-order valence-electron chi connectivity index (χ2n) is 3.55. The third kappa shape index (κ3) is 3.34. The first-order valence-corrected chi connectivity index (χ1v) is 11.0. The van der Waals surface area contributed by atoms with Gasteiger partial charge in [-0.2, -0.15) is 0 Å². The van der Waals surface area contributed by atoms with Crippen LogP contribution in [0.4, 0.5) is 0 Å². The Bertz CT molecular complexity index is 110. The van der Waals surface area contributed by atoms with Gasteiger partial charge in [0.05, 0.1) is 0 Å². The van der Waals surface area contributed by atoms with Gasteiger partial charge in [-0.3, -0.25) is 0 Å². The molecule has 0 saturated carbocycles. The van der Waals surface area contributed by atoms with Crippen molar-refractivity contribution < 1.29 is 0 Å². The minimum atomic E-state index is -0.984. The van der Waals surface area contributed by atoms with Gasteiger partial charge in [0.1, 0.15) is 7.75 Å². The molecule has 3 heteroatoms. The summed E-state index contributed by atoms with van der Waals surface area (Å²) in [6.07, 6.45) is 1.95. The Morgan fingerprint density at radius 1 is 1.50 bits per heavy atom. The first-order valence-electron chi connectivity index (χ1n) is 3.86. The number of hydrogen-bond acceptors (Lipinski definition) is 1.